The molecule has 1 nitrogen and oxygen atoms in total. The fourth-order valence-electron chi connectivity index (χ4n) is 4.57. The maximum atomic E-state index is 2.72. The highest BCUT2D eigenvalue weighted by Crippen LogP contribution is 2.40. The number of nitrogens with zero attached hydrogens (tertiary/aromatic N) is 1. The van der Waals surface area contributed by atoms with Gasteiger partial charge >= 0.3 is 0 Å². The van der Waals surface area contributed by atoms with Gasteiger partial charge in [-0.3, -0.25) is 4.90 Å². The van der Waals surface area contributed by atoms with Crippen LogP contribution in [-0.4, -0.2) is 17.0 Å². The molecule has 5 rings (SSSR count). The summed E-state index contributed by atoms with van der Waals surface area (Å²) in [6.07, 6.45) is 9.03. The fraction of sp³-hybridized carbons (Fsp3) is 0.364. The average Bonchev–Trinajstić information content (AvgIpc) is 2.79. The van der Waals surface area contributed by atoms with Crippen LogP contribution >= 0.6 is 0 Å². The van der Waals surface area contributed by atoms with Crippen LogP contribution in [0.5, 0.6) is 0 Å². The van der Waals surface area contributed by atoms with Gasteiger partial charge in [0.25, 0.3) is 0 Å². The molecule has 1 fully saturated rings. The van der Waals surface area contributed by atoms with Gasteiger partial charge in [-0.05, 0) is 59.9 Å². The zero-order valence-electron chi connectivity index (χ0n) is 13.5. The molecule has 0 spiro atoms. The van der Waals surface area contributed by atoms with E-state index in [1.54, 1.807) is 16.7 Å². The molecule has 2 unspecified atom stereocenters. The van der Waals surface area contributed by atoms with E-state index in [1.165, 1.54) is 43.2 Å². The molecule has 1 aliphatic carbocycles. The van der Waals surface area contributed by atoms with Crippen molar-refractivity contribution >= 4 is 5.57 Å². The van der Waals surface area contributed by atoms with E-state index in [4.69, 9.17) is 0 Å². The predicted octanol–water partition coefficient (Wildman–Crippen LogP) is 4.61. The van der Waals surface area contributed by atoms with Crippen molar-refractivity contribution in [3.63, 3.8) is 0 Å². The largest absolute Gasteiger partial charge is 0.289 e. The smallest absolute Gasteiger partial charge is 0.0291 e. The highest BCUT2D eigenvalue weighted by atomic mass is 15.2. The van der Waals surface area contributed by atoms with Crippen LogP contribution < -0.4 is 0 Å². The minimum absolute atomic E-state index is 0.634. The maximum absolute atomic E-state index is 2.72. The number of rotatable bonds is 3. The Kier molecular flexibility index (Phi) is 3.16. The Bertz CT molecular complexity index is 759. The third-order valence-corrected chi connectivity index (χ3v) is 5.99. The van der Waals surface area contributed by atoms with Crippen molar-refractivity contribution in [2.45, 2.75) is 50.7 Å². The highest BCUT2D eigenvalue weighted by Gasteiger charge is 2.36. The lowest BCUT2D eigenvalue weighted by molar-refractivity contribution is 0.203. The minimum Gasteiger partial charge on any atom is -0.289 e. The van der Waals surface area contributed by atoms with E-state index in [-0.39, 0.29) is 0 Å². The Morgan fingerprint density at radius 1 is 0.913 bits per heavy atom. The third kappa shape index (κ3) is 2.35. The zero-order chi connectivity index (χ0) is 15.2. The van der Waals surface area contributed by atoms with Crippen LogP contribution in [0.15, 0.2) is 54.6 Å². The van der Waals surface area contributed by atoms with E-state index in [1.807, 2.05) is 0 Å². The van der Waals surface area contributed by atoms with Crippen LogP contribution in [0.25, 0.3) is 5.57 Å². The quantitative estimate of drug-likeness (QED) is 0.800. The Morgan fingerprint density at radius 3 is 2.52 bits per heavy atom. The zero-order valence-corrected chi connectivity index (χ0v) is 13.5. The second kappa shape index (κ2) is 5.35. The summed E-state index contributed by atoms with van der Waals surface area (Å²) in [5.41, 5.74) is 7.68. The van der Waals surface area contributed by atoms with E-state index in [0.717, 1.165) is 12.6 Å². The molecule has 0 radical (unpaired) electrons. The SMILES string of the molecule is C1=C(c2ccc3c(c2)CC3)CC2CCC1N2Cc1ccccc1. The summed E-state index contributed by atoms with van der Waals surface area (Å²) < 4.78 is 0. The molecule has 2 bridgehead atoms. The van der Waals surface area contributed by atoms with Crippen LogP contribution in [0.2, 0.25) is 0 Å². The molecule has 2 aromatic rings. The van der Waals surface area contributed by atoms with Crippen LogP contribution in [-0.2, 0) is 19.4 Å². The summed E-state index contributed by atoms with van der Waals surface area (Å²) in [5, 5.41) is 0. The lowest BCUT2D eigenvalue weighted by Crippen LogP contribution is -2.37. The number of fused-ring (bicyclic) bond motifs is 3. The van der Waals surface area contributed by atoms with Gasteiger partial charge in [-0.1, -0.05) is 54.6 Å². The summed E-state index contributed by atoms with van der Waals surface area (Å²) in [4.78, 5) is 2.72. The van der Waals surface area contributed by atoms with Gasteiger partial charge in [-0.15, -0.1) is 0 Å². The number of hydrogen-bond donors (Lipinski definition) is 0. The van der Waals surface area contributed by atoms with Crippen molar-refractivity contribution < 1.29 is 0 Å². The van der Waals surface area contributed by atoms with Gasteiger partial charge in [-0.2, -0.15) is 0 Å². The number of hydrogen-bond acceptors (Lipinski definition) is 1. The van der Waals surface area contributed by atoms with Crippen LogP contribution in [0, 0.1) is 0 Å². The first-order valence-electron chi connectivity index (χ1n) is 8.99. The summed E-state index contributed by atoms with van der Waals surface area (Å²) in [7, 11) is 0. The maximum Gasteiger partial charge on any atom is 0.0291 e. The molecule has 0 N–H and O–H groups in total. The first kappa shape index (κ1) is 13.6. The highest BCUT2D eigenvalue weighted by molar-refractivity contribution is 5.69. The Morgan fingerprint density at radius 2 is 1.78 bits per heavy atom. The Labute approximate surface area is 138 Å². The van der Waals surface area contributed by atoms with E-state index in [0.29, 0.717) is 6.04 Å². The van der Waals surface area contributed by atoms with Crippen molar-refractivity contribution in [2.24, 2.45) is 0 Å². The monoisotopic (exact) mass is 301 g/mol. The molecule has 0 aromatic heterocycles. The summed E-state index contributed by atoms with van der Waals surface area (Å²) >= 11 is 0. The molecular weight excluding hydrogens is 278 g/mol. The standard InChI is InChI=1S/C22H23N/c1-2-4-16(5-3-1)15-23-21-10-11-22(23)14-20(13-21)19-9-7-17-6-8-18(17)12-19/h1-5,7,9,12-13,21-22H,6,8,10-11,14-15H2. The summed E-state index contributed by atoms with van der Waals surface area (Å²) in [6, 6.07) is 19.5. The molecule has 2 aromatic carbocycles. The van der Waals surface area contributed by atoms with Gasteiger partial charge in [0, 0.05) is 18.6 Å². The van der Waals surface area contributed by atoms with E-state index >= 15 is 0 Å². The van der Waals surface area contributed by atoms with Gasteiger partial charge in [0.15, 0.2) is 0 Å². The third-order valence-electron chi connectivity index (χ3n) is 5.99. The van der Waals surface area contributed by atoms with Crippen LogP contribution in [0.3, 0.4) is 0 Å². The molecule has 2 aliphatic heterocycles. The Hall–Kier alpha value is -1.86. The van der Waals surface area contributed by atoms with Gasteiger partial charge < -0.3 is 0 Å². The number of aryl methyl sites for hydroxylation is 2. The van der Waals surface area contributed by atoms with E-state index in [2.05, 4.69) is 59.5 Å². The van der Waals surface area contributed by atoms with Gasteiger partial charge in [-0.25, -0.2) is 0 Å². The summed E-state index contributed by atoms with van der Waals surface area (Å²) in [5.74, 6) is 0. The lowest BCUT2D eigenvalue weighted by atomic mass is 9.84. The first-order valence-corrected chi connectivity index (χ1v) is 8.99. The van der Waals surface area contributed by atoms with E-state index in [9.17, 15) is 0 Å². The first-order chi connectivity index (χ1) is 11.4. The van der Waals surface area contributed by atoms with Crippen molar-refractivity contribution in [1.82, 2.24) is 4.90 Å². The van der Waals surface area contributed by atoms with Gasteiger partial charge in [0.05, 0.1) is 0 Å². The molecule has 2 atom stereocenters. The molecule has 23 heavy (non-hydrogen) atoms. The second-order valence-electron chi connectivity index (χ2n) is 7.34. The Balaban J connectivity index is 1.40. The molecule has 1 heteroatoms. The summed E-state index contributed by atoms with van der Waals surface area (Å²) in [6.45, 7) is 1.10. The average molecular weight is 301 g/mol. The molecule has 2 heterocycles. The van der Waals surface area contributed by atoms with Crippen molar-refractivity contribution in [3.05, 3.63) is 76.9 Å². The van der Waals surface area contributed by atoms with Crippen molar-refractivity contribution in [3.8, 4) is 0 Å². The second-order valence-corrected chi connectivity index (χ2v) is 7.34. The van der Waals surface area contributed by atoms with Crippen LogP contribution in [0.4, 0.5) is 0 Å². The molecule has 1 saturated heterocycles. The van der Waals surface area contributed by atoms with Gasteiger partial charge in [0.1, 0.15) is 0 Å². The fourth-order valence-corrected chi connectivity index (χ4v) is 4.57. The van der Waals surface area contributed by atoms with Crippen molar-refractivity contribution in [2.75, 3.05) is 0 Å². The van der Waals surface area contributed by atoms with E-state index < -0.39 is 0 Å². The molecule has 0 saturated carbocycles. The number of benzene rings is 2. The van der Waals surface area contributed by atoms with Crippen LogP contribution in [0.1, 0.15) is 41.5 Å². The molecular formula is C22H23N. The predicted molar refractivity (Wildman–Crippen MR) is 95.2 cm³/mol. The minimum atomic E-state index is 0.634. The molecule has 116 valence electrons. The lowest BCUT2D eigenvalue weighted by Gasteiger charge is -2.34. The normalized spacial score (nSPS) is 25.7. The topological polar surface area (TPSA) is 3.24 Å². The molecule has 0 amide bonds. The molecule has 3 aliphatic rings. The van der Waals surface area contributed by atoms with Crippen molar-refractivity contribution in [1.29, 1.82) is 0 Å². The van der Waals surface area contributed by atoms with Gasteiger partial charge in [0.2, 0.25) is 0 Å².